The van der Waals surface area contributed by atoms with E-state index in [-0.39, 0.29) is 5.56 Å². The van der Waals surface area contributed by atoms with Crippen LogP contribution in [0.3, 0.4) is 0 Å². The third-order valence-electron chi connectivity index (χ3n) is 4.58. The predicted octanol–water partition coefficient (Wildman–Crippen LogP) is 3.97. The highest BCUT2D eigenvalue weighted by molar-refractivity contribution is 7.98. The summed E-state index contributed by atoms with van der Waals surface area (Å²) in [7, 11) is 0. The summed E-state index contributed by atoms with van der Waals surface area (Å²) < 4.78 is 9.34. The molecule has 1 aromatic carbocycles. The summed E-state index contributed by atoms with van der Waals surface area (Å²) in [5.74, 6) is 2.67. The Labute approximate surface area is 188 Å². The molecule has 0 saturated heterocycles. The highest BCUT2D eigenvalue weighted by atomic mass is 32.2. The lowest BCUT2D eigenvalue weighted by Crippen LogP contribution is -2.15. The molecule has 162 valence electrons. The van der Waals surface area contributed by atoms with E-state index in [1.165, 1.54) is 33.7 Å². The first-order valence-electron chi connectivity index (χ1n) is 10.1. The summed E-state index contributed by atoms with van der Waals surface area (Å²) in [4.78, 5) is 17.5. The number of hydrogen-bond donors (Lipinski definition) is 0. The Bertz CT molecular complexity index is 1220. The van der Waals surface area contributed by atoms with Gasteiger partial charge < -0.3 is 9.30 Å². The Kier molecular flexibility index (Phi) is 6.67. The Morgan fingerprint density at radius 2 is 2.00 bits per heavy atom. The predicted molar refractivity (Wildman–Crippen MR) is 122 cm³/mol. The van der Waals surface area contributed by atoms with Crippen molar-refractivity contribution >= 4 is 28.1 Å². The zero-order valence-corrected chi connectivity index (χ0v) is 19.3. The number of hydrogen-bond acceptors (Lipinski definition) is 8. The van der Waals surface area contributed by atoms with E-state index in [2.05, 4.69) is 38.7 Å². The number of aryl methyl sites for hydroxylation is 1. The lowest BCUT2D eigenvalue weighted by Gasteiger charge is -2.12. The molecule has 0 saturated carbocycles. The number of nitrogens with zero attached hydrogens (tertiary/aromatic N) is 6. The molecule has 0 aliphatic rings. The van der Waals surface area contributed by atoms with Gasteiger partial charge in [-0.25, -0.2) is 4.98 Å². The van der Waals surface area contributed by atoms with Crippen LogP contribution >= 0.6 is 23.1 Å². The summed E-state index contributed by atoms with van der Waals surface area (Å²) in [5, 5.41) is 14.6. The molecule has 0 N–H and O–H groups in total. The Morgan fingerprint density at radius 1 is 1.19 bits per heavy atom. The molecular formula is C21H24N6O2S2. The van der Waals surface area contributed by atoms with E-state index in [9.17, 15) is 4.79 Å². The normalized spacial score (nSPS) is 11.5. The van der Waals surface area contributed by atoms with Crippen molar-refractivity contribution in [2.75, 3.05) is 0 Å². The molecule has 0 radical (unpaired) electrons. The fraction of sp³-hybridized carbons (Fsp3) is 0.381. The number of rotatable bonds is 9. The maximum absolute atomic E-state index is 12.3. The third-order valence-corrected chi connectivity index (χ3v) is 6.41. The molecule has 4 aromatic rings. The van der Waals surface area contributed by atoms with Gasteiger partial charge in [-0.3, -0.25) is 4.79 Å². The molecule has 0 bridgehead atoms. The number of thioether (sulfide) groups is 1. The summed E-state index contributed by atoms with van der Waals surface area (Å²) in [5.41, 5.74) is 0.544. The summed E-state index contributed by atoms with van der Waals surface area (Å²) in [6.45, 7) is 7.41. The molecule has 0 spiro atoms. The maximum atomic E-state index is 12.3. The lowest BCUT2D eigenvalue weighted by atomic mass is 10.1. The van der Waals surface area contributed by atoms with Gasteiger partial charge in [0.25, 0.3) is 5.56 Å². The molecular weight excluding hydrogens is 432 g/mol. The van der Waals surface area contributed by atoms with Gasteiger partial charge in [-0.05, 0) is 31.4 Å². The Morgan fingerprint density at radius 3 is 2.77 bits per heavy atom. The second kappa shape index (κ2) is 9.61. The van der Waals surface area contributed by atoms with Crippen LogP contribution in [0.25, 0.3) is 4.96 Å². The van der Waals surface area contributed by atoms with Crippen molar-refractivity contribution in [3.05, 3.63) is 63.3 Å². The van der Waals surface area contributed by atoms with E-state index < -0.39 is 0 Å². The molecule has 0 aliphatic heterocycles. The number of aromatic nitrogens is 6. The molecule has 8 nitrogen and oxygen atoms in total. The molecule has 4 rings (SSSR count). The lowest BCUT2D eigenvalue weighted by molar-refractivity contribution is 0.285. The Balaban J connectivity index is 1.51. The SMILES string of the molecule is Cc1nn2c(=O)cc(CSc3nnc(COc4ccccc4)n3CCC(C)C)nc2s1. The van der Waals surface area contributed by atoms with Crippen LogP contribution in [-0.4, -0.2) is 29.4 Å². The first-order chi connectivity index (χ1) is 15.0. The van der Waals surface area contributed by atoms with Crippen LogP contribution in [0.15, 0.2) is 46.3 Å². The standard InChI is InChI=1S/C21H24N6O2S2/c1-14(2)9-10-26-18(12-29-17-7-5-4-6-8-17)23-24-21(26)30-13-16-11-19(28)27-20(22-16)31-15(3)25-27/h4-8,11,14H,9-10,12-13H2,1-3H3. The highest BCUT2D eigenvalue weighted by Gasteiger charge is 2.15. The van der Waals surface area contributed by atoms with Gasteiger partial charge in [0.05, 0.1) is 5.69 Å². The van der Waals surface area contributed by atoms with Crippen molar-refractivity contribution < 1.29 is 4.74 Å². The number of ether oxygens (including phenoxy) is 1. The molecule has 0 amide bonds. The summed E-state index contributed by atoms with van der Waals surface area (Å²) in [6, 6.07) is 11.2. The van der Waals surface area contributed by atoms with Crippen LogP contribution in [0.4, 0.5) is 0 Å². The van der Waals surface area contributed by atoms with Crippen molar-refractivity contribution in [3.63, 3.8) is 0 Å². The quantitative estimate of drug-likeness (QED) is 0.352. The summed E-state index contributed by atoms with van der Waals surface area (Å²) in [6.07, 6.45) is 1.01. The van der Waals surface area contributed by atoms with Crippen LogP contribution in [0.1, 0.15) is 36.8 Å². The largest absolute Gasteiger partial charge is 0.486 e. The van der Waals surface area contributed by atoms with Crippen molar-refractivity contribution in [1.82, 2.24) is 29.4 Å². The van der Waals surface area contributed by atoms with Gasteiger partial charge in [-0.15, -0.1) is 10.2 Å². The molecule has 31 heavy (non-hydrogen) atoms. The average Bonchev–Trinajstić information content (AvgIpc) is 3.32. The third kappa shape index (κ3) is 5.31. The van der Waals surface area contributed by atoms with Gasteiger partial charge in [0.15, 0.2) is 11.0 Å². The summed E-state index contributed by atoms with van der Waals surface area (Å²) >= 11 is 2.93. The smallest absolute Gasteiger partial charge is 0.275 e. The fourth-order valence-corrected chi connectivity index (χ4v) is 4.62. The van der Waals surface area contributed by atoms with E-state index in [1.54, 1.807) is 0 Å². The monoisotopic (exact) mass is 456 g/mol. The van der Waals surface area contributed by atoms with Gasteiger partial charge in [0.1, 0.15) is 17.4 Å². The maximum Gasteiger partial charge on any atom is 0.275 e. The minimum absolute atomic E-state index is 0.164. The van der Waals surface area contributed by atoms with E-state index in [0.29, 0.717) is 28.9 Å². The molecule has 3 heterocycles. The van der Waals surface area contributed by atoms with E-state index in [1.807, 2.05) is 37.3 Å². The number of fused-ring (bicyclic) bond motifs is 1. The second-order valence-electron chi connectivity index (χ2n) is 7.52. The highest BCUT2D eigenvalue weighted by Crippen LogP contribution is 2.23. The van der Waals surface area contributed by atoms with Crippen LogP contribution < -0.4 is 10.3 Å². The molecule has 10 heteroatoms. The van der Waals surface area contributed by atoms with Crippen molar-refractivity contribution in [1.29, 1.82) is 0 Å². The van der Waals surface area contributed by atoms with Gasteiger partial charge in [-0.2, -0.15) is 9.61 Å². The first-order valence-corrected chi connectivity index (χ1v) is 11.9. The zero-order chi connectivity index (χ0) is 21.8. The van der Waals surface area contributed by atoms with E-state index in [4.69, 9.17) is 4.74 Å². The van der Waals surface area contributed by atoms with Gasteiger partial charge in [0, 0.05) is 18.4 Å². The first kappa shape index (κ1) is 21.5. The second-order valence-corrected chi connectivity index (χ2v) is 9.63. The van der Waals surface area contributed by atoms with Crippen molar-refractivity contribution in [2.45, 2.75) is 51.3 Å². The van der Waals surface area contributed by atoms with E-state index in [0.717, 1.165) is 34.7 Å². The topological polar surface area (TPSA) is 87.2 Å². The fourth-order valence-electron chi connectivity index (χ4n) is 2.97. The minimum atomic E-state index is -0.164. The molecule has 0 unspecified atom stereocenters. The molecule has 0 atom stereocenters. The van der Waals surface area contributed by atoms with Crippen molar-refractivity contribution in [2.24, 2.45) is 5.92 Å². The zero-order valence-electron chi connectivity index (χ0n) is 17.7. The molecule has 0 aliphatic carbocycles. The van der Waals surface area contributed by atoms with Crippen LogP contribution in [-0.2, 0) is 18.9 Å². The average molecular weight is 457 g/mol. The van der Waals surface area contributed by atoms with Crippen LogP contribution in [0.2, 0.25) is 0 Å². The van der Waals surface area contributed by atoms with Crippen LogP contribution in [0, 0.1) is 12.8 Å². The van der Waals surface area contributed by atoms with Gasteiger partial charge in [0.2, 0.25) is 4.96 Å². The Hall–Kier alpha value is -2.72. The molecule has 0 fully saturated rings. The van der Waals surface area contributed by atoms with Gasteiger partial charge in [-0.1, -0.05) is 55.1 Å². The van der Waals surface area contributed by atoms with E-state index >= 15 is 0 Å². The minimum Gasteiger partial charge on any atom is -0.486 e. The number of para-hydroxylation sites is 1. The van der Waals surface area contributed by atoms with Crippen LogP contribution in [0.5, 0.6) is 5.75 Å². The molecule has 3 aromatic heterocycles. The number of benzene rings is 1. The van der Waals surface area contributed by atoms with Crippen molar-refractivity contribution in [3.8, 4) is 5.75 Å². The van der Waals surface area contributed by atoms with Gasteiger partial charge >= 0.3 is 0 Å².